The van der Waals surface area contributed by atoms with Gasteiger partial charge in [0.05, 0.1) is 26.2 Å². The number of hydrogen-bond donors (Lipinski definition) is 1. The van der Waals surface area contributed by atoms with Gasteiger partial charge in [-0.1, -0.05) is 37.6 Å². The van der Waals surface area contributed by atoms with Crippen molar-refractivity contribution in [1.82, 2.24) is 10.2 Å². The molecule has 0 unspecified atom stereocenters. The average Bonchev–Trinajstić information content (AvgIpc) is 2.84. The summed E-state index contributed by atoms with van der Waals surface area (Å²) in [5, 5.41) is 2.85. The van der Waals surface area contributed by atoms with E-state index in [9.17, 15) is 18.0 Å². The zero-order valence-corrected chi connectivity index (χ0v) is 21.8. The fraction of sp³-hybridized carbons (Fsp3) is 0.440. The largest absolute Gasteiger partial charge is 0.497 e. The first-order valence-electron chi connectivity index (χ1n) is 11.4. The number of hydrogen-bond acceptors (Lipinski definition) is 6. The third kappa shape index (κ3) is 7.88. The van der Waals surface area contributed by atoms with E-state index in [4.69, 9.17) is 9.47 Å². The molecule has 0 bridgehead atoms. The smallest absolute Gasteiger partial charge is 0.244 e. The van der Waals surface area contributed by atoms with E-state index in [1.807, 2.05) is 13.0 Å². The van der Waals surface area contributed by atoms with Gasteiger partial charge in [0.1, 0.15) is 24.1 Å². The Labute approximate surface area is 208 Å². The fourth-order valence-electron chi connectivity index (χ4n) is 3.52. The Hall–Kier alpha value is -3.27. The number of nitrogens with zero attached hydrogens (tertiary/aromatic N) is 2. The second kappa shape index (κ2) is 13.0. The molecule has 35 heavy (non-hydrogen) atoms. The SMILES string of the molecule is CCCCNC(=O)[C@H](C)N(Cc1cccc(OC)c1)C(=O)CN(c1ccccc1OC)S(C)(=O)=O. The number of para-hydroxylation sites is 2. The lowest BCUT2D eigenvalue weighted by atomic mass is 10.1. The van der Waals surface area contributed by atoms with Crippen molar-refractivity contribution in [1.29, 1.82) is 0 Å². The van der Waals surface area contributed by atoms with Gasteiger partial charge in [0.25, 0.3) is 0 Å². The molecule has 0 radical (unpaired) electrons. The summed E-state index contributed by atoms with van der Waals surface area (Å²) in [6.45, 7) is 3.76. The van der Waals surface area contributed by atoms with Crippen LogP contribution in [0, 0.1) is 0 Å². The second-order valence-electron chi connectivity index (χ2n) is 8.14. The highest BCUT2D eigenvalue weighted by atomic mass is 32.2. The van der Waals surface area contributed by atoms with E-state index in [0.717, 1.165) is 29.0 Å². The summed E-state index contributed by atoms with van der Waals surface area (Å²) in [5.74, 6) is 0.0948. The maximum Gasteiger partial charge on any atom is 0.244 e. The first kappa shape index (κ1) is 28.0. The van der Waals surface area contributed by atoms with Gasteiger partial charge in [0, 0.05) is 13.1 Å². The number of carbonyl (C=O) groups is 2. The summed E-state index contributed by atoms with van der Waals surface area (Å²) in [4.78, 5) is 27.8. The first-order valence-corrected chi connectivity index (χ1v) is 13.3. The highest BCUT2D eigenvalue weighted by Gasteiger charge is 2.31. The van der Waals surface area contributed by atoms with Gasteiger partial charge in [-0.05, 0) is 43.2 Å². The zero-order chi connectivity index (χ0) is 26.0. The van der Waals surface area contributed by atoms with E-state index < -0.39 is 28.5 Å². The molecule has 1 atom stereocenters. The molecule has 2 amide bonds. The van der Waals surface area contributed by atoms with Crippen LogP contribution in [0.3, 0.4) is 0 Å². The van der Waals surface area contributed by atoms with Crippen molar-refractivity contribution in [2.75, 3.05) is 37.9 Å². The summed E-state index contributed by atoms with van der Waals surface area (Å²) in [5.41, 5.74) is 0.987. The number of ether oxygens (including phenoxy) is 2. The molecule has 0 saturated heterocycles. The number of sulfonamides is 1. The van der Waals surface area contributed by atoms with Crippen LogP contribution in [0.4, 0.5) is 5.69 Å². The molecule has 192 valence electrons. The molecule has 2 aromatic rings. The first-order chi connectivity index (χ1) is 16.6. The standard InChI is InChI=1S/C25H35N3O6S/c1-6-7-15-26-25(30)19(2)27(17-20-11-10-12-21(16-20)33-3)24(29)18-28(35(5,31)32)22-13-8-9-14-23(22)34-4/h8-14,16,19H,6-7,15,17-18H2,1-5H3,(H,26,30)/t19-/m0/s1. The van der Waals surface area contributed by atoms with E-state index >= 15 is 0 Å². The highest BCUT2D eigenvalue weighted by molar-refractivity contribution is 7.92. The van der Waals surface area contributed by atoms with Gasteiger partial charge >= 0.3 is 0 Å². The minimum atomic E-state index is -3.84. The predicted octanol–water partition coefficient (Wildman–Crippen LogP) is 2.80. The van der Waals surface area contributed by atoms with E-state index in [1.165, 1.54) is 12.0 Å². The summed E-state index contributed by atoms with van der Waals surface area (Å²) in [6.07, 6.45) is 2.77. The molecule has 10 heteroatoms. The van der Waals surface area contributed by atoms with Gasteiger partial charge in [-0.3, -0.25) is 13.9 Å². The van der Waals surface area contributed by atoms with Gasteiger partial charge in [-0.25, -0.2) is 8.42 Å². The molecule has 0 saturated carbocycles. The number of benzene rings is 2. The molecule has 0 fully saturated rings. The summed E-state index contributed by atoms with van der Waals surface area (Å²) < 4.78 is 37.0. The number of anilines is 1. The van der Waals surface area contributed by atoms with E-state index in [-0.39, 0.29) is 18.1 Å². The molecule has 0 aliphatic rings. The van der Waals surface area contributed by atoms with Crippen LogP contribution in [0.25, 0.3) is 0 Å². The predicted molar refractivity (Wildman–Crippen MR) is 136 cm³/mol. The Morgan fingerprint density at radius 1 is 1.06 bits per heavy atom. The van der Waals surface area contributed by atoms with Gasteiger partial charge in [0.15, 0.2) is 0 Å². The number of carbonyl (C=O) groups excluding carboxylic acids is 2. The molecule has 0 aromatic heterocycles. The second-order valence-corrected chi connectivity index (χ2v) is 10.0. The van der Waals surface area contributed by atoms with Crippen LogP contribution < -0.4 is 19.1 Å². The van der Waals surface area contributed by atoms with Crippen molar-refractivity contribution < 1.29 is 27.5 Å². The molecule has 0 spiro atoms. The quantitative estimate of drug-likeness (QED) is 0.420. The minimum absolute atomic E-state index is 0.0991. The monoisotopic (exact) mass is 505 g/mol. The topological polar surface area (TPSA) is 105 Å². The van der Waals surface area contributed by atoms with E-state index in [0.29, 0.717) is 18.0 Å². The minimum Gasteiger partial charge on any atom is -0.497 e. The average molecular weight is 506 g/mol. The number of nitrogens with one attached hydrogen (secondary N) is 1. The lowest BCUT2D eigenvalue weighted by Crippen LogP contribution is -2.51. The van der Waals surface area contributed by atoms with Gasteiger partial charge < -0.3 is 19.7 Å². The van der Waals surface area contributed by atoms with Crippen molar-refractivity contribution in [3.63, 3.8) is 0 Å². The summed E-state index contributed by atoms with van der Waals surface area (Å²) in [7, 11) is -0.867. The van der Waals surface area contributed by atoms with Crippen molar-refractivity contribution >= 4 is 27.5 Å². The van der Waals surface area contributed by atoms with Crippen molar-refractivity contribution in [3.8, 4) is 11.5 Å². The van der Waals surface area contributed by atoms with Crippen LogP contribution in [-0.4, -0.2) is 64.7 Å². The molecule has 9 nitrogen and oxygen atoms in total. The van der Waals surface area contributed by atoms with Crippen LogP contribution in [0.2, 0.25) is 0 Å². The molecule has 0 aliphatic carbocycles. The van der Waals surface area contributed by atoms with E-state index in [1.54, 1.807) is 56.5 Å². The third-order valence-corrected chi connectivity index (χ3v) is 6.64. The highest BCUT2D eigenvalue weighted by Crippen LogP contribution is 2.29. The lowest BCUT2D eigenvalue weighted by molar-refractivity contribution is -0.139. The van der Waals surface area contributed by atoms with Crippen LogP contribution in [-0.2, 0) is 26.2 Å². The fourth-order valence-corrected chi connectivity index (χ4v) is 4.37. The van der Waals surface area contributed by atoms with Gasteiger partial charge in [0.2, 0.25) is 21.8 Å². The van der Waals surface area contributed by atoms with Crippen molar-refractivity contribution in [2.45, 2.75) is 39.3 Å². The molecule has 0 heterocycles. The maximum atomic E-state index is 13.6. The number of amides is 2. The van der Waals surface area contributed by atoms with Crippen LogP contribution in [0.5, 0.6) is 11.5 Å². The van der Waals surface area contributed by atoms with Crippen LogP contribution in [0.15, 0.2) is 48.5 Å². The summed E-state index contributed by atoms with van der Waals surface area (Å²) in [6, 6.07) is 12.9. The molecule has 0 aliphatic heterocycles. The molecular weight excluding hydrogens is 470 g/mol. The zero-order valence-electron chi connectivity index (χ0n) is 21.0. The number of methoxy groups -OCH3 is 2. The maximum absolute atomic E-state index is 13.6. The Bertz CT molecular complexity index is 1110. The Balaban J connectivity index is 2.40. The normalized spacial score (nSPS) is 11.9. The summed E-state index contributed by atoms with van der Waals surface area (Å²) >= 11 is 0. The van der Waals surface area contributed by atoms with Crippen molar-refractivity contribution in [3.05, 3.63) is 54.1 Å². The van der Waals surface area contributed by atoms with Crippen molar-refractivity contribution in [2.24, 2.45) is 0 Å². The van der Waals surface area contributed by atoms with Crippen LogP contribution >= 0.6 is 0 Å². The molecule has 2 rings (SSSR count). The van der Waals surface area contributed by atoms with Gasteiger partial charge in [-0.2, -0.15) is 0 Å². The Morgan fingerprint density at radius 3 is 2.40 bits per heavy atom. The third-order valence-electron chi connectivity index (χ3n) is 5.52. The lowest BCUT2D eigenvalue weighted by Gasteiger charge is -2.32. The molecule has 2 aromatic carbocycles. The number of unbranched alkanes of at least 4 members (excludes halogenated alkanes) is 1. The Kier molecular flexibility index (Phi) is 10.4. The van der Waals surface area contributed by atoms with E-state index in [2.05, 4.69) is 5.32 Å². The molecular formula is C25H35N3O6S. The van der Waals surface area contributed by atoms with Crippen LogP contribution in [0.1, 0.15) is 32.3 Å². The molecule has 1 N–H and O–H groups in total. The number of rotatable bonds is 13. The Morgan fingerprint density at radius 2 is 1.77 bits per heavy atom. The van der Waals surface area contributed by atoms with Gasteiger partial charge in [-0.15, -0.1) is 0 Å².